The summed E-state index contributed by atoms with van der Waals surface area (Å²) in [5, 5.41) is 6.11. The van der Waals surface area contributed by atoms with Crippen LogP contribution < -0.4 is 10.6 Å². The van der Waals surface area contributed by atoms with Crippen LogP contribution in [0.15, 0.2) is 24.3 Å². The van der Waals surface area contributed by atoms with Crippen LogP contribution in [0.4, 0.5) is 0 Å². The molecule has 4 nitrogen and oxygen atoms in total. The molecule has 4 heteroatoms. The van der Waals surface area contributed by atoms with Crippen LogP contribution in [0.2, 0.25) is 0 Å². The van der Waals surface area contributed by atoms with Crippen molar-refractivity contribution in [2.24, 2.45) is 0 Å². The fourth-order valence-corrected chi connectivity index (χ4v) is 2.14. The van der Waals surface area contributed by atoms with Crippen molar-refractivity contribution in [1.29, 1.82) is 0 Å². The molecule has 1 aliphatic heterocycles. The van der Waals surface area contributed by atoms with Gasteiger partial charge in [0.25, 0.3) is 0 Å². The van der Waals surface area contributed by atoms with E-state index in [2.05, 4.69) is 22.8 Å². The van der Waals surface area contributed by atoms with E-state index in [1.165, 1.54) is 11.1 Å². The summed E-state index contributed by atoms with van der Waals surface area (Å²) in [6.07, 6.45) is 0. The zero-order valence-corrected chi connectivity index (χ0v) is 10.9. The molecule has 0 radical (unpaired) electrons. The normalized spacial score (nSPS) is 18.5. The van der Waals surface area contributed by atoms with Gasteiger partial charge in [0.05, 0.1) is 25.8 Å². The zero-order valence-electron chi connectivity index (χ0n) is 10.9. The summed E-state index contributed by atoms with van der Waals surface area (Å²) in [5.74, 6) is 0.0213. The maximum absolute atomic E-state index is 11.6. The molecule has 1 aromatic rings. The van der Waals surface area contributed by atoms with Crippen LogP contribution in [-0.4, -0.2) is 25.1 Å². The summed E-state index contributed by atoms with van der Waals surface area (Å²) >= 11 is 0. The average Bonchev–Trinajstić information content (AvgIpc) is 2.35. The van der Waals surface area contributed by atoms with Crippen LogP contribution in [0.25, 0.3) is 0 Å². The lowest BCUT2D eigenvalue weighted by Gasteiger charge is -2.26. The zero-order chi connectivity index (χ0) is 13.0. The lowest BCUT2D eigenvalue weighted by molar-refractivity contribution is -0.121. The van der Waals surface area contributed by atoms with E-state index in [1.807, 2.05) is 26.0 Å². The van der Waals surface area contributed by atoms with Gasteiger partial charge in [0.1, 0.15) is 0 Å². The molecule has 0 aliphatic carbocycles. The highest BCUT2D eigenvalue weighted by atomic mass is 16.5. The van der Waals surface area contributed by atoms with Crippen molar-refractivity contribution in [2.45, 2.75) is 32.5 Å². The molecule has 98 valence electrons. The Bertz CT molecular complexity index is 418. The van der Waals surface area contributed by atoms with Crippen molar-refractivity contribution in [1.82, 2.24) is 10.6 Å². The maximum atomic E-state index is 11.6. The monoisotopic (exact) mass is 248 g/mol. The van der Waals surface area contributed by atoms with Crippen molar-refractivity contribution < 1.29 is 9.53 Å². The smallest absolute Gasteiger partial charge is 0.234 e. The van der Waals surface area contributed by atoms with E-state index >= 15 is 0 Å². The fourth-order valence-electron chi connectivity index (χ4n) is 2.14. The van der Waals surface area contributed by atoms with E-state index in [-0.39, 0.29) is 18.0 Å². The number of ether oxygens (including phenoxy) is 1. The number of rotatable bonds is 4. The molecule has 0 bridgehead atoms. The summed E-state index contributed by atoms with van der Waals surface area (Å²) in [7, 11) is 0. The first-order valence-corrected chi connectivity index (χ1v) is 6.35. The highest BCUT2D eigenvalue weighted by Gasteiger charge is 2.20. The third-order valence-corrected chi connectivity index (χ3v) is 2.93. The summed E-state index contributed by atoms with van der Waals surface area (Å²) < 4.78 is 5.53. The minimum Gasteiger partial charge on any atom is -0.375 e. The predicted octanol–water partition coefficient (Wildman–Crippen LogP) is 1.37. The lowest BCUT2D eigenvalue weighted by Crippen LogP contribution is -2.40. The molecule has 18 heavy (non-hydrogen) atoms. The molecule has 2 rings (SSSR count). The Morgan fingerprint density at radius 2 is 2.22 bits per heavy atom. The summed E-state index contributed by atoms with van der Waals surface area (Å²) in [4.78, 5) is 11.6. The first-order valence-electron chi connectivity index (χ1n) is 6.35. The second-order valence-electron chi connectivity index (χ2n) is 4.87. The summed E-state index contributed by atoms with van der Waals surface area (Å²) in [5.41, 5.74) is 2.44. The van der Waals surface area contributed by atoms with E-state index in [0.29, 0.717) is 19.8 Å². The number of nitrogens with one attached hydrogen (secondary N) is 2. The van der Waals surface area contributed by atoms with Gasteiger partial charge in [-0.2, -0.15) is 0 Å². The van der Waals surface area contributed by atoms with E-state index < -0.39 is 0 Å². The Morgan fingerprint density at radius 3 is 3.00 bits per heavy atom. The molecule has 0 saturated carbocycles. The number of benzene rings is 1. The van der Waals surface area contributed by atoms with Crippen LogP contribution in [0.1, 0.15) is 31.0 Å². The first-order chi connectivity index (χ1) is 8.66. The molecule has 1 aromatic carbocycles. The maximum Gasteiger partial charge on any atom is 0.234 e. The largest absolute Gasteiger partial charge is 0.375 e. The Kier molecular flexibility index (Phi) is 4.33. The van der Waals surface area contributed by atoms with Crippen molar-refractivity contribution in [2.75, 3.05) is 13.2 Å². The molecule has 1 amide bonds. The van der Waals surface area contributed by atoms with Gasteiger partial charge in [-0.3, -0.25) is 10.1 Å². The molecule has 1 heterocycles. The summed E-state index contributed by atoms with van der Waals surface area (Å²) in [6.45, 7) is 5.51. The second kappa shape index (κ2) is 5.98. The lowest BCUT2D eigenvalue weighted by atomic mass is 9.99. The van der Waals surface area contributed by atoms with E-state index in [1.54, 1.807) is 0 Å². The van der Waals surface area contributed by atoms with Crippen molar-refractivity contribution in [3.63, 3.8) is 0 Å². The average molecular weight is 248 g/mol. The Morgan fingerprint density at radius 1 is 1.44 bits per heavy atom. The van der Waals surface area contributed by atoms with E-state index in [4.69, 9.17) is 4.74 Å². The summed E-state index contributed by atoms with van der Waals surface area (Å²) in [6, 6.07) is 8.47. The third kappa shape index (κ3) is 3.31. The molecule has 0 aromatic heterocycles. The highest BCUT2D eigenvalue weighted by molar-refractivity contribution is 5.78. The van der Waals surface area contributed by atoms with Crippen molar-refractivity contribution in [3.8, 4) is 0 Å². The molecule has 1 unspecified atom stereocenters. The number of fused-ring (bicyclic) bond motifs is 1. The number of hydrogen-bond acceptors (Lipinski definition) is 3. The molecule has 1 atom stereocenters. The van der Waals surface area contributed by atoms with Gasteiger partial charge >= 0.3 is 0 Å². The van der Waals surface area contributed by atoms with Gasteiger partial charge in [0.15, 0.2) is 0 Å². The Hall–Kier alpha value is -1.39. The Balaban J connectivity index is 1.93. The first kappa shape index (κ1) is 13.1. The number of amides is 1. The fraction of sp³-hybridized carbons (Fsp3) is 0.500. The van der Waals surface area contributed by atoms with Crippen LogP contribution >= 0.6 is 0 Å². The van der Waals surface area contributed by atoms with Gasteiger partial charge in [-0.25, -0.2) is 0 Å². The minimum atomic E-state index is 0.0213. The van der Waals surface area contributed by atoms with Crippen LogP contribution in [0, 0.1) is 0 Å². The molecular formula is C14H20N2O2. The predicted molar refractivity (Wildman–Crippen MR) is 70.1 cm³/mol. The SMILES string of the molecule is CC(C)NC(=O)CNC1COCc2ccccc21. The second-order valence-corrected chi connectivity index (χ2v) is 4.87. The van der Waals surface area contributed by atoms with Gasteiger partial charge in [-0.05, 0) is 25.0 Å². The van der Waals surface area contributed by atoms with Crippen LogP contribution in [-0.2, 0) is 16.1 Å². The number of hydrogen-bond donors (Lipinski definition) is 2. The van der Waals surface area contributed by atoms with E-state index in [9.17, 15) is 4.79 Å². The molecule has 0 spiro atoms. The molecule has 0 saturated heterocycles. The van der Waals surface area contributed by atoms with Gasteiger partial charge in [0, 0.05) is 6.04 Å². The van der Waals surface area contributed by atoms with Crippen LogP contribution in [0.5, 0.6) is 0 Å². The van der Waals surface area contributed by atoms with Gasteiger partial charge < -0.3 is 10.1 Å². The molecule has 1 aliphatic rings. The molecule has 0 fully saturated rings. The van der Waals surface area contributed by atoms with Gasteiger partial charge in [0.2, 0.25) is 5.91 Å². The van der Waals surface area contributed by atoms with Gasteiger partial charge in [-0.15, -0.1) is 0 Å². The molecule has 2 N–H and O–H groups in total. The third-order valence-electron chi connectivity index (χ3n) is 2.93. The minimum absolute atomic E-state index is 0.0213. The quantitative estimate of drug-likeness (QED) is 0.846. The van der Waals surface area contributed by atoms with Crippen molar-refractivity contribution >= 4 is 5.91 Å². The van der Waals surface area contributed by atoms with Crippen molar-refractivity contribution in [3.05, 3.63) is 35.4 Å². The highest BCUT2D eigenvalue weighted by Crippen LogP contribution is 2.23. The molecular weight excluding hydrogens is 228 g/mol. The van der Waals surface area contributed by atoms with E-state index in [0.717, 1.165) is 0 Å². The van der Waals surface area contributed by atoms with Gasteiger partial charge in [-0.1, -0.05) is 24.3 Å². The number of carbonyl (C=O) groups is 1. The van der Waals surface area contributed by atoms with Crippen LogP contribution in [0.3, 0.4) is 0 Å². The topological polar surface area (TPSA) is 50.4 Å². The standard InChI is InChI=1S/C14H20N2O2/c1-10(2)16-14(17)7-15-13-9-18-8-11-5-3-4-6-12(11)13/h3-6,10,13,15H,7-9H2,1-2H3,(H,16,17). The number of carbonyl (C=O) groups excluding carboxylic acids is 1. The Labute approximate surface area is 108 Å².